The number of carbonyl (C=O) groups is 1. The fourth-order valence-electron chi connectivity index (χ4n) is 0.852. The summed E-state index contributed by atoms with van der Waals surface area (Å²) in [6, 6.07) is -0.729. The topological polar surface area (TPSA) is 49.8 Å². The van der Waals surface area contributed by atoms with Crippen LogP contribution in [0.4, 0.5) is 13.6 Å². The van der Waals surface area contributed by atoms with Gasteiger partial charge in [-0.3, -0.25) is 4.18 Å². The minimum atomic E-state index is -2.50. The molecule has 1 saturated heterocycles. The fraction of sp³-hybridized carbons (Fsp3) is 0.800. The number of carboxylic acid groups (broad SMARTS) is 1. The van der Waals surface area contributed by atoms with E-state index >= 15 is 0 Å². The van der Waals surface area contributed by atoms with Crippen LogP contribution in [-0.4, -0.2) is 34.6 Å². The van der Waals surface area contributed by atoms with Crippen molar-refractivity contribution < 1.29 is 22.9 Å². The molecular formula is C5H7F2NO3S. The molecule has 1 atom stereocenters. The largest absolute Gasteiger partial charge is 0.464 e. The summed E-state index contributed by atoms with van der Waals surface area (Å²) in [5.41, 5.74) is 0. The molecule has 0 aromatic carbocycles. The van der Waals surface area contributed by atoms with E-state index in [1.807, 2.05) is 0 Å². The van der Waals surface area contributed by atoms with Gasteiger partial charge in [-0.05, 0) is 0 Å². The van der Waals surface area contributed by atoms with Gasteiger partial charge >= 0.3 is 6.09 Å². The van der Waals surface area contributed by atoms with Crippen LogP contribution in [0.25, 0.3) is 0 Å². The van der Waals surface area contributed by atoms with E-state index < -0.39 is 25.0 Å². The van der Waals surface area contributed by atoms with Crippen molar-refractivity contribution in [1.29, 1.82) is 0 Å². The molecule has 12 heavy (non-hydrogen) atoms. The molecule has 1 aliphatic rings. The Morgan fingerprint density at radius 2 is 2.50 bits per heavy atom. The van der Waals surface area contributed by atoms with Crippen LogP contribution >= 0.6 is 12.2 Å². The van der Waals surface area contributed by atoms with Gasteiger partial charge in [0.15, 0.2) is 0 Å². The summed E-state index contributed by atoms with van der Waals surface area (Å²) >= 11 is 0.601. The third kappa shape index (κ3) is 2.21. The molecule has 0 aliphatic carbocycles. The van der Waals surface area contributed by atoms with E-state index in [1.165, 1.54) is 0 Å². The summed E-state index contributed by atoms with van der Waals surface area (Å²) in [4.78, 5) is 10.4. The third-order valence-electron chi connectivity index (χ3n) is 1.36. The van der Waals surface area contributed by atoms with Crippen molar-refractivity contribution in [3.05, 3.63) is 0 Å². The first-order valence-corrected chi connectivity index (χ1v) is 3.91. The van der Waals surface area contributed by atoms with E-state index in [4.69, 9.17) is 5.11 Å². The molecular weight excluding hydrogens is 192 g/mol. The van der Waals surface area contributed by atoms with Crippen molar-refractivity contribution in [2.45, 2.75) is 18.9 Å². The summed E-state index contributed by atoms with van der Waals surface area (Å²) in [7, 11) is 0. The van der Waals surface area contributed by atoms with Crippen LogP contribution in [0.1, 0.15) is 6.42 Å². The van der Waals surface area contributed by atoms with Gasteiger partial charge in [-0.2, -0.15) is 0 Å². The van der Waals surface area contributed by atoms with Crippen LogP contribution in [0.3, 0.4) is 0 Å². The normalized spacial score (nSPS) is 23.6. The van der Waals surface area contributed by atoms with Gasteiger partial charge in [0.25, 0.3) is 0 Å². The van der Waals surface area contributed by atoms with Gasteiger partial charge in [-0.1, -0.05) is 0 Å². The minimum Gasteiger partial charge on any atom is -0.464 e. The predicted octanol–water partition coefficient (Wildman–Crippen LogP) is 1.58. The fourth-order valence-corrected chi connectivity index (χ4v) is 1.52. The third-order valence-corrected chi connectivity index (χ3v) is 2.22. The van der Waals surface area contributed by atoms with Crippen molar-refractivity contribution in [2.24, 2.45) is 0 Å². The van der Waals surface area contributed by atoms with Crippen LogP contribution < -0.4 is 0 Å². The number of hydrogen-bond acceptors (Lipinski definition) is 3. The zero-order chi connectivity index (χ0) is 9.14. The molecule has 1 heterocycles. The Labute approximate surface area is 71.8 Å². The van der Waals surface area contributed by atoms with Gasteiger partial charge in [0.2, 0.25) is 6.43 Å². The number of hydrogen-bond donors (Lipinski definition) is 1. The second kappa shape index (κ2) is 3.90. The number of nitrogens with zero attached hydrogens (tertiary/aromatic N) is 1. The highest BCUT2D eigenvalue weighted by Crippen LogP contribution is 2.27. The van der Waals surface area contributed by atoms with Crippen molar-refractivity contribution in [1.82, 2.24) is 4.31 Å². The highest BCUT2D eigenvalue weighted by molar-refractivity contribution is 7.93. The zero-order valence-corrected chi connectivity index (χ0v) is 6.76. The lowest BCUT2D eigenvalue weighted by atomic mass is 10.2. The highest BCUT2D eigenvalue weighted by atomic mass is 32.2. The van der Waals surface area contributed by atoms with Gasteiger partial charge in [0.05, 0.1) is 12.6 Å². The predicted molar refractivity (Wildman–Crippen MR) is 37.8 cm³/mol. The summed E-state index contributed by atoms with van der Waals surface area (Å²) in [6.45, 7) is 0.0291. The molecule has 4 nitrogen and oxygen atoms in total. The van der Waals surface area contributed by atoms with Gasteiger partial charge in [0, 0.05) is 6.42 Å². The maximum absolute atomic E-state index is 11.8. The lowest BCUT2D eigenvalue weighted by Gasteiger charge is -2.15. The Hall–Kier alpha value is -0.560. The average Bonchev–Trinajstić information content (AvgIpc) is 2.33. The Balaban J connectivity index is 2.46. The smallest absolute Gasteiger partial charge is 0.419 e. The van der Waals surface area contributed by atoms with E-state index in [9.17, 15) is 13.6 Å². The average molecular weight is 199 g/mol. The van der Waals surface area contributed by atoms with E-state index in [0.717, 1.165) is 4.31 Å². The van der Waals surface area contributed by atoms with Gasteiger partial charge in [-0.15, -0.1) is 0 Å². The van der Waals surface area contributed by atoms with Crippen LogP contribution in [0.5, 0.6) is 0 Å². The summed E-state index contributed by atoms with van der Waals surface area (Å²) < 4.78 is 29.1. The standard InChI is InChI=1S/C5H7F2NO3S/c6-4(7)1-3-2-11-12-8(3)5(9)10/h3-4H,1-2H2,(H,9,10)/t3-/m0/s1. The minimum absolute atomic E-state index is 0.0291. The monoisotopic (exact) mass is 199 g/mol. The Morgan fingerprint density at radius 3 is 3.00 bits per heavy atom. The maximum atomic E-state index is 11.8. The van der Waals surface area contributed by atoms with Crippen molar-refractivity contribution in [3.63, 3.8) is 0 Å². The Morgan fingerprint density at radius 1 is 1.83 bits per heavy atom. The van der Waals surface area contributed by atoms with Gasteiger partial charge < -0.3 is 5.11 Å². The molecule has 1 aliphatic heterocycles. The second-order valence-electron chi connectivity index (χ2n) is 2.25. The number of halogens is 2. The summed E-state index contributed by atoms with van der Waals surface area (Å²) in [6.07, 6.45) is -4.22. The molecule has 0 aromatic heterocycles. The van der Waals surface area contributed by atoms with E-state index in [1.54, 1.807) is 0 Å². The molecule has 1 amide bonds. The maximum Gasteiger partial charge on any atom is 0.419 e. The molecule has 0 spiro atoms. The van der Waals surface area contributed by atoms with Crippen LogP contribution in [-0.2, 0) is 4.18 Å². The molecule has 1 fully saturated rings. The van der Waals surface area contributed by atoms with Crippen LogP contribution in [0, 0.1) is 0 Å². The van der Waals surface area contributed by atoms with Gasteiger partial charge in [-0.25, -0.2) is 17.9 Å². The van der Waals surface area contributed by atoms with Crippen molar-refractivity contribution in [3.8, 4) is 0 Å². The Kier molecular flexibility index (Phi) is 3.10. The molecule has 70 valence electrons. The summed E-state index contributed by atoms with van der Waals surface area (Å²) in [5.74, 6) is 0. The van der Waals surface area contributed by atoms with Crippen molar-refractivity contribution in [2.75, 3.05) is 6.61 Å². The van der Waals surface area contributed by atoms with E-state index in [0.29, 0.717) is 12.2 Å². The molecule has 0 radical (unpaired) electrons. The van der Waals surface area contributed by atoms with Crippen LogP contribution in [0.15, 0.2) is 0 Å². The van der Waals surface area contributed by atoms with Crippen molar-refractivity contribution >= 4 is 18.3 Å². The number of amides is 1. The first kappa shape index (κ1) is 9.53. The lowest BCUT2D eigenvalue weighted by Crippen LogP contribution is -2.32. The molecule has 0 saturated carbocycles. The quantitative estimate of drug-likeness (QED) is 0.542. The lowest BCUT2D eigenvalue weighted by molar-refractivity contribution is 0.102. The molecule has 1 rings (SSSR count). The molecule has 0 aromatic rings. The number of alkyl halides is 2. The van der Waals surface area contributed by atoms with Gasteiger partial charge in [0.1, 0.15) is 12.2 Å². The summed E-state index contributed by atoms with van der Waals surface area (Å²) in [5, 5.41) is 8.48. The molecule has 0 bridgehead atoms. The molecule has 0 unspecified atom stereocenters. The van der Waals surface area contributed by atoms with E-state index in [-0.39, 0.29) is 6.61 Å². The first-order chi connectivity index (χ1) is 5.61. The zero-order valence-electron chi connectivity index (χ0n) is 5.94. The second-order valence-corrected chi connectivity index (χ2v) is 3.03. The Bertz CT molecular complexity index is 180. The number of rotatable bonds is 2. The van der Waals surface area contributed by atoms with E-state index in [2.05, 4.69) is 4.18 Å². The van der Waals surface area contributed by atoms with Crippen LogP contribution in [0.2, 0.25) is 0 Å². The SMILES string of the molecule is O=C(O)N1SOC[C@@H]1CC(F)F. The molecule has 7 heteroatoms. The molecule has 1 N–H and O–H groups in total. The highest BCUT2D eigenvalue weighted by Gasteiger charge is 2.33. The first-order valence-electron chi connectivity index (χ1n) is 3.21.